The smallest absolute Gasteiger partial charge is 0.101 e. The lowest BCUT2D eigenvalue weighted by molar-refractivity contribution is 0.327. The molecule has 2 heterocycles. The van der Waals surface area contributed by atoms with E-state index < -0.39 is 0 Å². The van der Waals surface area contributed by atoms with Crippen LogP contribution in [0.3, 0.4) is 0 Å². The SMILES string of the molecule is Cc1cc(C(Cc2ccn(C3CCCCC3)n2)NN)co1. The molecular formula is C16H24N4O. The van der Waals surface area contributed by atoms with Crippen molar-refractivity contribution in [1.29, 1.82) is 0 Å². The minimum atomic E-state index is 0.0390. The van der Waals surface area contributed by atoms with Gasteiger partial charge in [-0.05, 0) is 31.9 Å². The maximum absolute atomic E-state index is 5.69. The Kier molecular flexibility index (Phi) is 4.41. The lowest BCUT2D eigenvalue weighted by Crippen LogP contribution is -2.29. The summed E-state index contributed by atoms with van der Waals surface area (Å²) in [5.74, 6) is 6.59. The Morgan fingerprint density at radius 3 is 2.90 bits per heavy atom. The van der Waals surface area contributed by atoms with E-state index in [1.54, 1.807) is 6.26 Å². The third-order valence-electron chi connectivity index (χ3n) is 4.38. The highest BCUT2D eigenvalue weighted by Crippen LogP contribution is 2.28. The summed E-state index contributed by atoms with van der Waals surface area (Å²) >= 11 is 0. The zero-order chi connectivity index (χ0) is 14.7. The number of hydrogen-bond donors (Lipinski definition) is 2. The van der Waals surface area contributed by atoms with Crippen molar-refractivity contribution < 1.29 is 4.42 Å². The number of aryl methyl sites for hydroxylation is 1. The Labute approximate surface area is 125 Å². The molecule has 21 heavy (non-hydrogen) atoms. The van der Waals surface area contributed by atoms with Crippen LogP contribution < -0.4 is 11.3 Å². The van der Waals surface area contributed by atoms with Gasteiger partial charge in [0.05, 0.1) is 24.0 Å². The minimum Gasteiger partial charge on any atom is -0.469 e. The van der Waals surface area contributed by atoms with E-state index in [2.05, 4.69) is 22.4 Å². The Morgan fingerprint density at radius 2 is 2.24 bits per heavy atom. The summed E-state index contributed by atoms with van der Waals surface area (Å²) < 4.78 is 7.51. The molecule has 2 aromatic rings. The molecule has 1 aliphatic carbocycles. The van der Waals surface area contributed by atoms with Gasteiger partial charge in [0.1, 0.15) is 5.76 Å². The fourth-order valence-electron chi connectivity index (χ4n) is 3.16. The number of furan rings is 1. The molecule has 1 saturated carbocycles. The van der Waals surface area contributed by atoms with Gasteiger partial charge in [0.15, 0.2) is 0 Å². The van der Waals surface area contributed by atoms with Gasteiger partial charge < -0.3 is 4.42 Å². The quantitative estimate of drug-likeness (QED) is 0.655. The monoisotopic (exact) mass is 288 g/mol. The van der Waals surface area contributed by atoms with Crippen LogP contribution in [-0.2, 0) is 6.42 Å². The van der Waals surface area contributed by atoms with Crippen molar-refractivity contribution in [2.75, 3.05) is 0 Å². The highest BCUT2D eigenvalue weighted by atomic mass is 16.3. The first kappa shape index (κ1) is 14.4. The second kappa shape index (κ2) is 6.45. The summed E-state index contributed by atoms with van der Waals surface area (Å²) in [4.78, 5) is 0. The van der Waals surface area contributed by atoms with E-state index in [4.69, 9.17) is 15.4 Å². The molecule has 5 heteroatoms. The fraction of sp³-hybridized carbons (Fsp3) is 0.562. The van der Waals surface area contributed by atoms with Gasteiger partial charge in [0.25, 0.3) is 0 Å². The Bertz CT molecular complexity index is 568. The third kappa shape index (κ3) is 3.36. The molecule has 3 N–H and O–H groups in total. The van der Waals surface area contributed by atoms with Crippen molar-refractivity contribution in [3.05, 3.63) is 41.6 Å². The van der Waals surface area contributed by atoms with Crippen LogP contribution in [0.2, 0.25) is 0 Å². The molecule has 0 amide bonds. The van der Waals surface area contributed by atoms with Gasteiger partial charge in [-0.3, -0.25) is 16.0 Å². The van der Waals surface area contributed by atoms with Gasteiger partial charge in [-0.25, -0.2) is 0 Å². The normalized spacial score (nSPS) is 18.0. The van der Waals surface area contributed by atoms with Crippen LogP contribution in [0.5, 0.6) is 0 Å². The third-order valence-corrected chi connectivity index (χ3v) is 4.38. The molecular weight excluding hydrogens is 264 g/mol. The molecule has 1 aliphatic rings. The molecule has 0 aromatic carbocycles. The molecule has 0 spiro atoms. The first-order valence-electron chi connectivity index (χ1n) is 7.81. The molecule has 1 fully saturated rings. The van der Waals surface area contributed by atoms with Crippen LogP contribution in [0.25, 0.3) is 0 Å². The van der Waals surface area contributed by atoms with E-state index >= 15 is 0 Å². The molecule has 0 aliphatic heterocycles. The second-order valence-corrected chi connectivity index (χ2v) is 5.99. The average molecular weight is 288 g/mol. The fourth-order valence-corrected chi connectivity index (χ4v) is 3.16. The first-order chi connectivity index (χ1) is 10.3. The van der Waals surface area contributed by atoms with Crippen molar-refractivity contribution >= 4 is 0 Å². The number of rotatable bonds is 5. The van der Waals surface area contributed by atoms with Crippen LogP contribution in [0.1, 0.15) is 61.2 Å². The standard InChI is InChI=1S/C16H24N4O/c1-12-9-13(11-21-12)16(18-17)10-14-7-8-20(19-14)15-5-3-2-4-6-15/h7-9,11,15-16,18H,2-6,10,17H2,1H3. The van der Waals surface area contributed by atoms with E-state index in [1.165, 1.54) is 32.1 Å². The number of hydrogen-bond acceptors (Lipinski definition) is 4. The van der Waals surface area contributed by atoms with Crippen LogP contribution >= 0.6 is 0 Å². The molecule has 5 nitrogen and oxygen atoms in total. The van der Waals surface area contributed by atoms with E-state index in [9.17, 15) is 0 Å². The van der Waals surface area contributed by atoms with Crippen LogP contribution in [0.15, 0.2) is 29.0 Å². The molecule has 0 saturated heterocycles. The second-order valence-electron chi connectivity index (χ2n) is 5.99. The Morgan fingerprint density at radius 1 is 1.43 bits per heavy atom. The van der Waals surface area contributed by atoms with E-state index in [0.29, 0.717) is 6.04 Å². The summed E-state index contributed by atoms with van der Waals surface area (Å²) in [6.45, 7) is 1.94. The van der Waals surface area contributed by atoms with Gasteiger partial charge in [0, 0.05) is 18.2 Å². The number of nitrogens with one attached hydrogen (secondary N) is 1. The largest absolute Gasteiger partial charge is 0.469 e. The van der Waals surface area contributed by atoms with Gasteiger partial charge in [-0.15, -0.1) is 0 Å². The molecule has 114 valence electrons. The number of aromatic nitrogens is 2. The Balaban J connectivity index is 1.68. The van der Waals surface area contributed by atoms with Crippen molar-refractivity contribution in [1.82, 2.24) is 15.2 Å². The number of nitrogens with two attached hydrogens (primary N) is 1. The predicted octanol–water partition coefficient (Wildman–Crippen LogP) is 3.04. The average Bonchev–Trinajstić information content (AvgIpc) is 3.15. The molecule has 2 aromatic heterocycles. The van der Waals surface area contributed by atoms with Crippen LogP contribution in [0.4, 0.5) is 0 Å². The van der Waals surface area contributed by atoms with Crippen molar-refractivity contribution in [2.24, 2.45) is 5.84 Å². The molecule has 1 atom stereocenters. The summed E-state index contributed by atoms with van der Waals surface area (Å²) in [6.07, 6.45) is 11.2. The maximum atomic E-state index is 5.69. The summed E-state index contributed by atoms with van der Waals surface area (Å²) in [6, 6.07) is 4.74. The summed E-state index contributed by atoms with van der Waals surface area (Å²) in [5, 5.41) is 4.74. The highest BCUT2D eigenvalue weighted by molar-refractivity contribution is 5.18. The van der Waals surface area contributed by atoms with Crippen molar-refractivity contribution in [2.45, 2.75) is 57.5 Å². The lowest BCUT2D eigenvalue weighted by atomic mass is 9.96. The molecule has 1 unspecified atom stereocenters. The van der Waals surface area contributed by atoms with Crippen LogP contribution in [0, 0.1) is 6.92 Å². The van der Waals surface area contributed by atoms with Crippen LogP contribution in [-0.4, -0.2) is 9.78 Å². The topological polar surface area (TPSA) is 69.0 Å². The highest BCUT2D eigenvalue weighted by Gasteiger charge is 2.18. The van der Waals surface area contributed by atoms with Gasteiger partial charge in [-0.1, -0.05) is 19.3 Å². The molecule has 3 rings (SSSR count). The molecule has 0 radical (unpaired) electrons. The zero-order valence-corrected chi connectivity index (χ0v) is 12.6. The van der Waals surface area contributed by atoms with Gasteiger partial charge in [0.2, 0.25) is 0 Å². The van der Waals surface area contributed by atoms with Gasteiger partial charge in [-0.2, -0.15) is 5.10 Å². The molecule has 0 bridgehead atoms. The van der Waals surface area contributed by atoms with E-state index in [-0.39, 0.29) is 6.04 Å². The summed E-state index contributed by atoms with van der Waals surface area (Å²) in [7, 11) is 0. The zero-order valence-electron chi connectivity index (χ0n) is 12.6. The van der Waals surface area contributed by atoms with E-state index in [0.717, 1.165) is 23.4 Å². The van der Waals surface area contributed by atoms with Crippen molar-refractivity contribution in [3.8, 4) is 0 Å². The number of hydrazine groups is 1. The van der Waals surface area contributed by atoms with Crippen molar-refractivity contribution in [3.63, 3.8) is 0 Å². The summed E-state index contributed by atoms with van der Waals surface area (Å²) in [5.41, 5.74) is 5.00. The lowest BCUT2D eigenvalue weighted by Gasteiger charge is -2.21. The Hall–Kier alpha value is -1.59. The minimum absolute atomic E-state index is 0.0390. The van der Waals surface area contributed by atoms with E-state index in [1.807, 2.05) is 13.0 Å². The first-order valence-corrected chi connectivity index (χ1v) is 7.81. The number of nitrogens with zero attached hydrogens (tertiary/aromatic N) is 2. The maximum Gasteiger partial charge on any atom is 0.101 e. The predicted molar refractivity (Wildman–Crippen MR) is 81.6 cm³/mol. The van der Waals surface area contributed by atoms with Gasteiger partial charge >= 0.3 is 0 Å².